The number of carbonyl (C=O) groups is 3. The fraction of sp³-hybridized carbons (Fsp3) is 0.393. The SMILES string of the molecule is COc1ccc2oc(C(=O)N[C@@H](CC(C)C)C(=O)NC3CCCN(S(=O)(=O)c4ccccc4F)CC3=O)cc2c1. The van der Waals surface area contributed by atoms with Crippen molar-refractivity contribution < 1.29 is 36.3 Å². The van der Waals surface area contributed by atoms with E-state index in [1.807, 2.05) is 13.8 Å². The van der Waals surface area contributed by atoms with E-state index < -0.39 is 57.0 Å². The van der Waals surface area contributed by atoms with Gasteiger partial charge in [0.2, 0.25) is 15.9 Å². The number of nitrogens with zero attached hydrogens (tertiary/aromatic N) is 1. The van der Waals surface area contributed by atoms with Gasteiger partial charge in [0.15, 0.2) is 11.5 Å². The molecule has 2 heterocycles. The Balaban J connectivity index is 1.45. The quantitative estimate of drug-likeness (QED) is 0.401. The van der Waals surface area contributed by atoms with Crippen LogP contribution < -0.4 is 15.4 Å². The minimum absolute atomic E-state index is 0.00221. The third-order valence-electron chi connectivity index (χ3n) is 6.67. The van der Waals surface area contributed by atoms with Crippen LogP contribution in [-0.4, -0.2) is 62.6 Å². The number of carbonyl (C=O) groups excluding carboxylic acids is 3. The number of nitrogens with one attached hydrogen (secondary N) is 2. The number of methoxy groups -OCH3 is 1. The molecule has 0 aliphatic carbocycles. The highest BCUT2D eigenvalue weighted by Crippen LogP contribution is 2.25. The molecule has 12 heteroatoms. The molecule has 4 rings (SSSR count). The van der Waals surface area contributed by atoms with Crippen molar-refractivity contribution in [3.8, 4) is 5.75 Å². The van der Waals surface area contributed by atoms with Gasteiger partial charge in [0.25, 0.3) is 5.91 Å². The van der Waals surface area contributed by atoms with Gasteiger partial charge in [-0.05, 0) is 61.6 Å². The molecule has 10 nitrogen and oxygen atoms in total. The Bertz CT molecular complexity index is 1520. The van der Waals surface area contributed by atoms with Crippen molar-refractivity contribution in [2.75, 3.05) is 20.2 Å². The molecule has 3 aromatic rings. The van der Waals surface area contributed by atoms with Crippen molar-refractivity contribution in [3.63, 3.8) is 0 Å². The summed E-state index contributed by atoms with van der Waals surface area (Å²) >= 11 is 0. The molecule has 2 atom stereocenters. The van der Waals surface area contributed by atoms with Crippen LogP contribution in [0.5, 0.6) is 5.75 Å². The Morgan fingerprint density at radius 2 is 1.93 bits per heavy atom. The van der Waals surface area contributed by atoms with Crippen molar-refractivity contribution in [2.24, 2.45) is 5.92 Å². The molecule has 1 aromatic heterocycles. The van der Waals surface area contributed by atoms with Crippen molar-refractivity contribution in [2.45, 2.75) is 50.1 Å². The summed E-state index contributed by atoms with van der Waals surface area (Å²) in [6.45, 7) is 3.27. The molecular formula is C28H32FN3O7S. The summed E-state index contributed by atoms with van der Waals surface area (Å²) in [6.07, 6.45) is 0.760. The lowest BCUT2D eigenvalue weighted by atomic mass is 10.0. The van der Waals surface area contributed by atoms with Gasteiger partial charge in [-0.25, -0.2) is 12.8 Å². The highest BCUT2D eigenvalue weighted by molar-refractivity contribution is 7.89. The first-order chi connectivity index (χ1) is 19.0. The predicted octanol–water partition coefficient (Wildman–Crippen LogP) is 3.26. The summed E-state index contributed by atoms with van der Waals surface area (Å²) in [5, 5.41) is 6.05. The minimum atomic E-state index is -4.25. The fourth-order valence-electron chi connectivity index (χ4n) is 4.61. The van der Waals surface area contributed by atoms with E-state index in [0.29, 0.717) is 23.1 Å². The molecule has 2 N–H and O–H groups in total. The van der Waals surface area contributed by atoms with Crippen LogP contribution >= 0.6 is 0 Å². The van der Waals surface area contributed by atoms with Gasteiger partial charge in [0.05, 0.1) is 19.7 Å². The lowest BCUT2D eigenvalue weighted by molar-refractivity contribution is -0.129. The summed E-state index contributed by atoms with van der Waals surface area (Å²) in [4.78, 5) is 38.8. The van der Waals surface area contributed by atoms with Crippen LogP contribution in [0.1, 0.15) is 43.7 Å². The zero-order valence-corrected chi connectivity index (χ0v) is 23.3. The highest BCUT2D eigenvalue weighted by atomic mass is 32.2. The Kier molecular flexibility index (Phi) is 8.89. The standard InChI is InChI=1S/C28H32FN3O7S/c1-17(2)13-22(31-28(35)25-15-18-14-19(38-3)10-11-24(18)39-25)27(34)30-21-8-6-12-32(16-23(21)33)40(36,37)26-9-5-4-7-20(26)29/h4-5,7,9-11,14-15,17,21-22H,6,8,12-13,16H2,1-3H3,(H,30,34)(H,31,35)/t21?,22-/m0/s1. The van der Waals surface area contributed by atoms with E-state index in [1.54, 1.807) is 24.3 Å². The van der Waals surface area contributed by atoms with E-state index in [1.165, 1.54) is 19.2 Å². The van der Waals surface area contributed by atoms with E-state index in [-0.39, 0.29) is 31.1 Å². The Labute approximate surface area is 231 Å². The van der Waals surface area contributed by atoms with Crippen LogP contribution in [-0.2, 0) is 19.6 Å². The van der Waals surface area contributed by atoms with Crippen LogP contribution in [0.25, 0.3) is 11.0 Å². The van der Waals surface area contributed by atoms with Gasteiger partial charge in [-0.15, -0.1) is 0 Å². The fourth-order valence-corrected chi connectivity index (χ4v) is 6.12. The molecule has 1 unspecified atom stereocenters. The first-order valence-electron chi connectivity index (χ1n) is 13.0. The van der Waals surface area contributed by atoms with Gasteiger partial charge in [-0.1, -0.05) is 26.0 Å². The van der Waals surface area contributed by atoms with E-state index in [4.69, 9.17) is 9.15 Å². The molecule has 214 valence electrons. The molecule has 2 amide bonds. The highest BCUT2D eigenvalue weighted by Gasteiger charge is 2.35. The number of fused-ring (bicyclic) bond motifs is 1. The lowest BCUT2D eigenvalue weighted by Gasteiger charge is -2.23. The summed E-state index contributed by atoms with van der Waals surface area (Å²) in [5.74, 6) is -1.93. The molecular weight excluding hydrogens is 541 g/mol. The molecule has 1 aliphatic rings. The first kappa shape index (κ1) is 29.2. The number of hydrogen-bond acceptors (Lipinski definition) is 7. The van der Waals surface area contributed by atoms with E-state index >= 15 is 0 Å². The number of rotatable bonds is 9. The molecule has 1 fully saturated rings. The monoisotopic (exact) mass is 573 g/mol. The number of ketones is 1. The summed E-state index contributed by atoms with van der Waals surface area (Å²) in [7, 11) is -2.72. The number of amides is 2. The summed E-state index contributed by atoms with van der Waals surface area (Å²) < 4.78 is 52.0. The number of sulfonamides is 1. The molecule has 0 bridgehead atoms. The van der Waals surface area contributed by atoms with E-state index in [2.05, 4.69) is 10.6 Å². The predicted molar refractivity (Wildman–Crippen MR) is 145 cm³/mol. The number of hydrogen-bond donors (Lipinski definition) is 2. The zero-order chi connectivity index (χ0) is 29.0. The maximum Gasteiger partial charge on any atom is 0.287 e. The van der Waals surface area contributed by atoms with Gasteiger partial charge in [0.1, 0.15) is 28.1 Å². The third-order valence-corrected chi connectivity index (χ3v) is 8.55. The van der Waals surface area contributed by atoms with Gasteiger partial charge in [-0.3, -0.25) is 14.4 Å². The summed E-state index contributed by atoms with van der Waals surface area (Å²) in [6, 6.07) is 9.71. The Hall–Kier alpha value is -3.77. The molecule has 1 aliphatic heterocycles. The van der Waals surface area contributed by atoms with Crippen LogP contribution in [0.4, 0.5) is 4.39 Å². The second kappa shape index (κ2) is 12.2. The number of halogens is 1. The van der Waals surface area contributed by atoms with E-state index in [0.717, 1.165) is 16.4 Å². The van der Waals surface area contributed by atoms with Crippen LogP contribution in [0.15, 0.2) is 57.8 Å². The lowest BCUT2D eigenvalue weighted by Crippen LogP contribution is -2.52. The number of benzene rings is 2. The number of ether oxygens (including phenoxy) is 1. The van der Waals surface area contributed by atoms with Gasteiger partial charge in [0, 0.05) is 11.9 Å². The maximum absolute atomic E-state index is 14.2. The van der Waals surface area contributed by atoms with E-state index in [9.17, 15) is 27.2 Å². The molecule has 0 radical (unpaired) electrons. The van der Waals surface area contributed by atoms with Crippen molar-refractivity contribution in [3.05, 3.63) is 60.1 Å². The van der Waals surface area contributed by atoms with Gasteiger partial charge < -0.3 is 19.8 Å². The second-order valence-corrected chi connectivity index (χ2v) is 12.0. The average Bonchev–Trinajstić information content (AvgIpc) is 3.25. The summed E-state index contributed by atoms with van der Waals surface area (Å²) in [5.41, 5.74) is 0.481. The largest absolute Gasteiger partial charge is 0.497 e. The maximum atomic E-state index is 14.2. The zero-order valence-electron chi connectivity index (χ0n) is 22.5. The second-order valence-electron chi connectivity index (χ2n) is 10.1. The Morgan fingerprint density at radius 1 is 1.18 bits per heavy atom. The van der Waals surface area contributed by atoms with Gasteiger partial charge >= 0.3 is 0 Å². The molecule has 0 spiro atoms. The Morgan fingerprint density at radius 3 is 2.62 bits per heavy atom. The molecule has 0 saturated carbocycles. The van der Waals surface area contributed by atoms with Crippen LogP contribution in [0, 0.1) is 11.7 Å². The minimum Gasteiger partial charge on any atom is -0.497 e. The first-order valence-corrected chi connectivity index (χ1v) is 14.4. The topological polar surface area (TPSA) is 135 Å². The van der Waals surface area contributed by atoms with Crippen molar-refractivity contribution >= 4 is 38.6 Å². The molecule has 2 aromatic carbocycles. The van der Waals surface area contributed by atoms with Gasteiger partial charge in [-0.2, -0.15) is 4.31 Å². The van der Waals surface area contributed by atoms with Crippen molar-refractivity contribution in [1.29, 1.82) is 0 Å². The van der Waals surface area contributed by atoms with Crippen LogP contribution in [0.2, 0.25) is 0 Å². The third kappa shape index (κ3) is 6.50. The molecule has 40 heavy (non-hydrogen) atoms. The van der Waals surface area contributed by atoms with Crippen molar-refractivity contribution in [1.82, 2.24) is 14.9 Å². The smallest absolute Gasteiger partial charge is 0.287 e. The number of furan rings is 1. The molecule has 1 saturated heterocycles. The average molecular weight is 574 g/mol. The van der Waals surface area contributed by atoms with Crippen LogP contribution in [0.3, 0.4) is 0 Å². The normalized spacial score (nSPS) is 17.4. The number of Topliss-reactive ketones (excluding diaryl/α,β-unsaturated/α-hetero) is 1.